The van der Waals surface area contributed by atoms with E-state index in [1.807, 2.05) is 0 Å². The van der Waals surface area contributed by atoms with E-state index in [-0.39, 0.29) is 0 Å². The Morgan fingerprint density at radius 1 is 1.33 bits per heavy atom. The van der Waals surface area contributed by atoms with Crippen LogP contribution >= 0.6 is 15.9 Å². The molecule has 0 aromatic carbocycles. The van der Waals surface area contributed by atoms with Crippen LogP contribution in [0.15, 0.2) is 34.2 Å². The average Bonchev–Trinajstić information content (AvgIpc) is 2.53. The van der Waals surface area contributed by atoms with Crippen LogP contribution in [0.2, 0.25) is 23.2 Å². The predicted molar refractivity (Wildman–Crippen MR) is 75.2 cm³/mol. The summed E-state index contributed by atoms with van der Waals surface area (Å²) in [6.45, 7) is 3.43. The minimum atomic E-state index is -2.78. The van der Waals surface area contributed by atoms with Gasteiger partial charge in [-0.25, -0.2) is 0 Å². The average molecular weight is 352 g/mol. The normalized spacial score (nSPS) is 19.5. The second-order valence-corrected chi connectivity index (χ2v) is 41.0. The summed E-state index contributed by atoms with van der Waals surface area (Å²) in [7, 11) is 0. The third-order valence-corrected chi connectivity index (χ3v) is 11.7. The zero-order valence-electron chi connectivity index (χ0n) is 10.8. The third kappa shape index (κ3) is 6.69. The van der Waals surface area contributed by atoms with E-state index in [0.29, 0.717) is 0 Å². The molecule has 15 heavy (non-hydrogen) atoms. The summed E-state index contributed by atoms with van der Waals surface area (Å²) in [6.07, 6.45) is 9.80. The second kappa shape index (κ2) is 4.45. The van der Waals surface area contributed by atoms with Crippen molar-refractivity contribution in [2.75, 3.05) is 5.33 Å². The van der Waals surface area contributed by atoms with Gasteiger partial charge in [0.05, 0.1) is 0 Å². The Morgan fingerprint density at radius 2 is 1.80 bits per heavy atom. The van der Waals surface area contributed by atoms with Gasteiger partial charge < -0.3 is 0 Å². The standard InChI is InChI=1S/C5H5.C3H5Br.5CH3.Zr/c1-2-4-5-3-1;1-2-3-4;;;;;;/h1-3H,4H2;2H,1,3H2;5*1H3;. The minimum absolute atomic E-state index is 0.896. The van der Waals surface area contributed by atoms with Gasteiger partial charge in [0, 0.05) is 5.33 Å². The van der Waals surface area contributed by atoms with E-state index in [1.165, 1.54) is 6.42 Å². The van der Waals surface area contributed by atoms with E-state index in [4.69, 9.17) is 0 Å². The van der Waals surface area contributed by atoms with Crippen molar-refractivity contribution in [2.24, 2.45) is 0 Å². The molecule has 0 saturated heterocycles. The van der Waals surface area contributed by atoms with Crippen molar-refractivity contribution in [1.29, 1.82) is 0 Å². The van der Waals surface area contributed by atoms with Gasteiger partial charge in [0.15, 0.2) is 0 Å². The van der Waals surface area contributed by atoms with Gasteiger partial charge in [-0.05, 0) is 0 Å². The molecule has 0 spiro atoms. The molecule has 0 aromatic rings. The Bertz CT molecular complexity index is 287. The van der Waals surface area contributed by atoms with Crippen molar-refractivity contribution in [2.45, 2.75) is 29.6 Å². The molecular formula is C13H25BrZr. The molecule has 0 nitrogen and oxygen atoms in total. The summed E-state index contributed by atoms with van der Waals surface area (Å²) in [5.74, 6) is 0. The van der Waals surface area contributed by atoms with Gasteiger partial charge in [0.1, 0.15) is 0 Å². The molecule has 1 rings (SSSR count). The van der Waals surface area contributed by atoms with Crippen molar-refractivity contribution in [3.63, 3.8) is 0 Å². The van der Waals surface area contributed by atoms with Gasteiger partial charge in [-0.2, -0.15) is 0 Å². The summed E-state index contributed by atoms with van der Waals surface area (Å²) in [4.78, 5) is 0. The molecule has 1 aliphatic rings. The molecule has 0 aliphatic heterocycles. The fourth-order valence-electron chi connectivity index (χ4n) is 1.37. The maximum absolute atomic E-state index is 3.43. The van der Waals surface area contributed by atoms with Gasteiger partial charge in [-0.3, -0.25) is 0 Å². The summed E-state index contributed by atoms with van der Waals surface area (Å²) in [5, 5.41) is 0.896. The van der Waals surface area contributed by atoms with Crippen molar-refractivity contribution in [1.82, 2.24) is 0 Å². The fourth-order valence-corrected chi connectivity index (χ4v) is 6.46. The van der Waals surface area contributed by atoms with E-state index in [1.54, 1.807) is 9.36 Å². The molecule has 0 radical (unpaired) electrons. The molecule has 0 amide bonds. The predicted octanol–water partition coefficient (Wildman–Crippen LogP) is 5.86. The van der Waals surface area contributed by atoms with E-state index < -0.39 is 17.3 Å². The first-order chi connectivity index (χ1) is 6.51. The van der Waals surface area contributed by atoms with Crippen molar-refractivity contribution < 1.29 is 17.3 Å². The van der Waals surface area contributed by atoms with E-state index >= 15 is 0 Å². The van der Waals surface area contributed by atoms with Crippen LogP contribution in [0.1, 0.15) is 6.42 Å². The van der Waals surface area contributed by atoms with Crippen LogP contribution in [0.3, 0.4) is 0 Å². The Morgan fingerprint density at radius 3 is 1.93 bits per heavy atom. The topological polar surface area (TPSA) is 0 Å². The number of rotatable bonds is 2. The van der Waals surface area contributed by atoms with Gasteiger partial charge in [-0.1, -0.05) is 22.0 Å². The molecule has 0 N–H and O–H groups in total. The Hall–Kier alpha value is 0.583. The van der Waals surface area contributed by atoms with Gasteiger partial charge in [0.2, 0.25) is 0 Å². The molecule has 0 bridgehead atoms. The molecule has 0 heterocycles. The van der Waals surface area contributed by atoms with Gasteiger partial charge >= 0.3 is 68.4 Å². The number of hydrogen-bond donors (Lipinski definition) is 0. The van der Waals surface area contributed by atoms with Gasteiger partial charge in [0.25, 0.3) is 0 Å². The molecule has 0 atom stereocenters. The summed E-state index contributed by atoms with van der Waals surface area (Å²) >= 11 is 0.353. The summed E-state index contributed by atoms with van der Waals surface area (Å²) < 4.78 is 14.2. The van der Waals surface area contributed by atoms with Crippen molar-refractivity contribution >= 4 is 15.9 Å². The van der Waals surface area contributed by atoms with E-state index in [2.05, 4.69) is 63.9 Å². The van der Waals surface area contributed by atoms with Crippen LogP contribution in [-0.4, -0.2) is 5.33 Å². The Labute approximate surface area is 102 Å². The molecule has 1 aliphatic carbocycles. The van der Waals surface area contributed by atoms with E-state index in [0.717, 1.165) is 5.33 Å². The molecule has 88 valence electrons. The van der Waals surface area contributed by atoms with Crippen LogP contribution in [0, 0.1) is 0 Å². The molecule has 0 saturated carbocycles. The monoisotopic (exact) mass is 350 g/mol. The molecule has 0 fully saturated rings. The number of hydrogen-bond acceptors (Lipinski definition) is 0. The maximum atomic E-state index is 3.43. The molecule has 0 unspecified atom stereocenters. The molecular weight excluding hydrogens is 327 g/mol. The summed E-state index contributed by atoms with van der Waals surface area (Å²) in [6, 6.07) is 0. The van der Waals surface area contributed by atoms with Crippen molar-refractivity contribution in [3.8, 4) is 0 Å². The van der Waals surface area contributed by atoms with E-state index in [9.17, 15) is 0 Å². The SMILES string of the molecule is C=CCBr.[CH3][Zr]([CH3])([CH3])([CH3])([CH3])[C]1=CC=CC1. The van der Waals surface area contributed by atoms with Crippen LogP contribution in [-0.2, 0) is 17.3 Å². The zero-order valence-corrected chi connectivity index (χ0v) is 14.9. The Balaban J connectivity index is 0.000000423. The third-order valence-electron chi connectivity index (χ3n) is 2.49. The summed E-state index contributed by atoms with van der Waals surface area (Å²) in [5.41, 5.74) is 0. The molecule has 2 heteroatoms. The van der Waals surface area contributed by atoms with Crippen LogP contribution in [0.5, 0.6) is 0 Å². The number of alkyl halides is 1. The quantitative estimate of drug-likeness (QED) is 0.431. The van der Waals surface area contributed by atoms with Crippen LogP contribution in [0.4, 0.5) is 0 Å². The Kier molecular flexibility index (Phi) is 4.63. The number of halogens is 1. The second-order valence-electron chi connectivity index (χ2n) is 8.02. The first-order valence-corrected chi connectivity index (χ1v) is 20.2. The first kappa shape index (κ1) is 15.6. The first-order valence-electron chi connectivity index (χ1n) is 5.55. The molecule has 0 aromatic heterocycles. The number of allylic oxidation sites excluding steroid dienone is 5. The zero-order chi connectivity index (χ0) is 12.2. The fraction of sp³-hybridized carbons (Fsp3) is 0.538. The van der Waals surface area contributed by atoms with Crippen molar-refractivity contribution in [3.05, 3.63) is 34.2 Å². The van der Waals surface area contributed by atoms with Crippen LogP contribution < -0.4 is 0 Å². The van der Waals surface area contributed by atoms with Gasteiger partial charge in [-0.15, -0.1) is 6.58 Å². The van der Waals surface area contributed by atoms with Crippen LogP contribution in [0.25, 0.3) is 0 Å².